The lowest BCUT2D eigenvalue weighted by atomic mass is 9.95. The number of benzene rings is 2. The summed E-state index contributed by atoms with van der Waals surface area (Å²) in [6, 6.07) is 10.7. The molecule has 1 unspecified atom stereocenters. The van der Waals surface area contributed by atoms with Gasteiger partial charge in [0.15, 0.2) is 5.13 Å². The summed E-state index contributed by atoms with van der Waals surface area (Å²) in [5.74, 6) is -3.25. The first-order valence-corrected chi connectivity index (χ1v) is 13.1. The third-order valence-electron chi connectivity index (χ3n) is 6.05. The second-order valence-corrected chi connectivity index (χ2v) is 9.69. The molecule has 1 aliphatic heterocycles. The number of anilines is 1. The molecule has 0 saturated carbocycles. The first kappa shape index (κ1) is 27.7. The largest absolute Gasteiger partial charge is 0.507 e. The van der Waals surface area contributed by atoms with Crippen molar-refractivity contribution in [3.8, 4) is 5.75 Å². The highest BCUT2D eigenvalue weighted by Gasteiger charge is 2.49. The number of amides is 1. The Hall–Kier alpha value is -4.31. The van der Waals surface area contributed by atoms with Gasteiger partial charge in [-0.15, -0.1) is 0 Å². The molecule has 1 fully saturated rings. The number of aryl methyl sites for hydroxylation is 1. The minimum Gasteiger partial charge on any atom is -0.507 e. The Morgan fingerprint density at radius 2 is 1.92 bits per heavy atom. The van der Waals surface area contributed by atoms with E-state index in [-0.39, 0.29) is 39.0 Å². The number of hydrogen-bond acceptors (Lipinski definition) is 8. The lowest BCUT2D eigenvalue weighted by molar-refractivity contribution is -0.132. The van der Waals surface area contributed by atoms with E-state index in [9.17, 15) is 19.5 Å². The Labute approximate surface area is 229 Å². The smallest absolute Gasteiger partial charge is 0.350 e. The van der Waals surface area contributed by atoms with Gasteiger partial charge in [0.2, 0.25) is 0 Å². The van der Waals surface area contributed by atoms with Crippen molar-refractivity contribution < 1.29 is 33.4 Å². The second kappa shape index (κ2) is 12.0. The minimum atomic E-state index is -1.32. The monoisotopic (exact) mass is 550 g/mol. The molecule has 3 aromatic rings. The second-order valence-electron chi connectivity index (χ2n) is 8.72. The van der Waals surface area contributed by atoms with Gasteiger partial charge in [0.25, 0.3) is 5.78 Å². The number of carbonyl (C=O) groups is 3. The summed E-state index contributed by atoms with van der Waals surface area (Å²) in [6.07, 6.45) is 3.28. The van der Waals surface area contributed by atoms with Crippen LogP contribution in [0.25, 0.3) is 5.76 Å². The van der Waals surface area contributed by atoms with Crippen LogP contribution < -0.4 is 9.64 Å². The molecule has 0 spiro atoms. The zero-order valence-electron chi connectivity index (χ0n) is 21.5. The van der Waals surface area contributed by atoms with E-state index >= 15 is 4.39 Å². The number of hydrogen-bond donors (Lipinski definition) is 1. The SMILES string of the molecule is C=CCOC(=O)c1sc(N2C(=O)C(=O)/C(=C(/O)c3ccc(OCCCC)cc3)C2c2ccccc2F)nc1C. The van der Waals surface area contributed by atoms with E-state index < -0.39 is 35.3 Å². The topological polar surface area (TPSA) is 106 Å². The molecule has 2 heterocycles. The highest BCUT2D eigenvalue weighted by molar-refractivity contribution is 7.17. The summed E-state index contributed by atoms with van der Waals surface area (Å²) >= 11 is 0.836. The van der Waals surface area contributed by atoms with Gasteiger partial charge in [0.05, 0.1) is 17.9 Å². The van der Waals surface area contributed by atoms with Crippen LogP contribution in [0.1, 0.15) is 52.3 Å². The Balaban J connectivity index is 1.81. The predicted octanol–water partition coefficient (Wildman–Crippen LogP) is 5.74. The lowest BCUT2D eigenvalue weighted by Gasteiger charge is -2.23. The van der Waals surface area contributed by atoms with Gasteiger partial charge in [0.1, 0.15) is 34.9 Å². The number of carbonyl (C=O) groups excluding carboxylic acids is 3. The number of unbranched alkanes of at least 4 members (excludes halogenated alkanes) is 1. The number of ketones is 1. The van der Waals surface area contributed by atoms with Crippen molar-refractivity contribution in [2.75, 3.05) is 18.1 Å². The van der Waals surface area contributed by atoms with Crippen molar-refractivity contribution in [2.24, 2.45) is 0 Å². The fraction of sp³-hybridized carbons (Fsp3) is 0.241. The van der Waals surface area contributed by atoms with Crippen LogP contribution >= 0.6 is 11.3 Å². The maximum atomic E-state index is 15.1. The van der Waals surface area contributed by atoms with Gasteiger partial charge in [-0.05, 0) is 43.7 Å². The van der Waals surface area contributed by atoms with E-state index in [1.165, 1.54) is 24.3 Å². The maximum Gasteiger partial charge on any atom is 0.350 e. The summed E-state index contributed by atoms with van der Waals surface area (Å²) in [5, 5.41) is 11.3. The minimum absolute atomic E-state index is 0.00729. The molecule has 1 saturated heterocycles. The highest BCUT2D eigenvalue weighted by Crippen LogP contribution is 2.44. The van der Waals surface area contributed by atoms with Gasteiger partial charge in [-0.25, -0.2) is 14.2 Å². The van der Waals surface area contributed by atoms with Gasteiger partial charge < -0.3 is 14.6 Å². The molecule has 0 radical (unpaired) electrons. The third kappa shape index (κ3) is 5.61. The average Bonchev–Trinajstić information content (AvgIpc) is 3.44. The number of aliphatic hydroxyl groups excluding tert-OH is 1. The Kier molecular flexibility index (Phi) is 8.55. The molecule has 1 N–H and O–H groups in total. The summed E-state index contributed by atoms with van der Waals surface area (Å²) in [6.45, 7) is 7.63. The summed E-state index contributed by atoms with van der Waals surface area (Å²) in [5.41, 5.74) is 0.216. The quantitative estimate of drug-likeness (QED) is 0.0857. The van der Waals surface area contributed by atoms with E-state index in [0.717, 1.165) is 29.1 Å². The van der Waals surface area contributed by atoms with Gasteiger partial charge in [0, 0.05) is 11.1 Å². The van der Waals surface area contributed by atoms with Crippen molar-refractivity contribution in [2.45, 2.75) is 32.7 Å². The van der Waals surface area contributed by atoms with Crippen molar-refractivity contribution in [3.05, 3.63) is 94.3 Å². The van der Waals surface area contributed by atoms with E-state index in [0.29, 0.717) is 12.4 Å². The van der Waals surface area contributed by atoms with E-state index in [2.05, 4.69) is 11.6 Å². The van der Waals surface area contributed by atoms with Gasteiger partial charge >= 0.3 is 11.9 Å². The number of esters is 1. The average molecular weight is 551 g/mol. The summed E-state index contributed by atoms with van der Waals surface area (Å²) in [4.78, 5) is 44.6. The van der Waals surface area contributed by atoms with Crippen molar-refractivity contribution in [3.63, 3.8) is 0 Å². The van der Waals surface area contributed by atoms with Gasteiger partial charge in [-0.3, -0.25) is 14.5 Å². The standard InChI is InChI=1S/C29H27FN2O6S/c1-4-6-16-37-19-13-11-18(12-14-19)24(33)22-23(20-9-7-8-10-21(20)30)32(27(35)25(22)34)29-31-17(3)26(39-29)28(36)38-15-5-2/h5,7-14,23,33H,2,4,6,15-16H2,1,3H3/b24-22+. The zero-order valence-corrected chi connectivity index (χ0v) is 22.3. The number of ether oxygens (including phenoxy) is 2. The molecule has 202 valence electrons. The third-order valence-corrected chi connectivity index (χ3v) is 7.18. The molecule has 0 aliphatic carbocycles. The first-order valence-electron chi connectivity index (χ1n) is 12.3. The molecule has 4 rings (SSSR count). The Morgan fingerprint density at radius 3 is 2.59 bits per heavy atom. The van der Waals surface area contributed by atoms with Crippen LogP contribution in [-0.4, -0.2) is 41.0 Å². The highest BCUT2D eigenvalue weighted by atomic mass is 32.1. The molecule has 1 amide bonds. The molecule has 10 heteroatoms. The molecule has 0 bridgehead atoms. The summed E-state index contributed by atoms with van der Waals surface area (Å²) in [7, 11) is 0. The molecule has 2 aromatic carbocycles. The van der Waals surface area contributed by atoms with Crippen LogP contribution in [0, 0.1) is 12.7 Å². The van der Waals surface area contributed by atoms with Gasteiger partial charge in [-0.1, -0.05) is 55.5 Å². The zero-order chi connectivity index (χ0) is 28.1. The summed E-state index contributed by atoms with van der Waals surface area (Å²) < 4.78 is 25.9. The van der Waals surface area contributed by atoms with Crippen molar-refractivity contribution >= 4 is 39.9 Å². The number of thiazole rings is 1. The van der Waals surface area contributed by atoms with Crippen molar-refractivity contribution in [1.29, 1.82) is 0 Å². The van der Waals surface area contributed by atoms with Crippen LogP contribution in [0.2, 0.25) is 0 Å². The van der Waals surface area contributed by atoms with Crippen LogP contribution in [0.15, 0.2) is 66.8 Å². The Bertz CT molecular complexity index is 1450. The molecule has 39 heavy (non-hydrogen) atoms. The molecule has 1 aromatic heterocycles. The molecular weight excluding hydrogens is 523 g/mol. The number of halogens is 1. The number of Topliss-reactive ketones (excluding diaryl/α,β-unsaturated/α-hetero) is 1. The van der Waals surface area contributed by atoms with Gasteiger partial charge in [-0.2, -0.15) is 0 Å². The maximum absolute atomic E-state index is 15.1. The van der Waals surface area contributed by atoms with Crippen LogP contribution in [0.3, 0.4) is 0 Å². The van der Waals surface area contributed by atoms with E-state index in [4.69, 9.17) is 9.47 Å². The number of nitrogens with zero attached hydrogens (tertiary/aromatic N) is 2. The fourth-order valence-electron chi connectivity index (χ4n) is 4.09. The normalized spacial score (nSPS) is 16.4. The van der Waals surface area contributed by atoms with Crippen LogP contribution in [0.5, 0.6) is 5.75 Å². The molecule has 8 nitrogen and oxygen atoms in total. The number of aromatic nitrogens is 1. The van der Waals surface area contributed by atoms with Crippen LogP contribution in [0.4, 0.5) is 9.52 Å². The first-order chi connectivity index (χ1) is 18.8. The lowest BCUT2D eigenvalue weighted by Crippen LogP contribution is -2.29. The van der Waals surface area contributed by atoms with Crippen molar-refractivity contribution in [1.82, 2.24) is 4.98 Å². The number of aliphatic hydroxyl groups is 1. The fourth-order valence-corrected chi connectivity index (χ4v) is 5.08. The molecule has 1 aliphatic rings. The molecule has 1 atom stereocenters. The van der Waals surface area contributed by atoms with E-state index in [1.54, 1.807) is 37.3 Å². The van der Waals surface area contributed by atoms with E-state index in [1.807, 2.05) is 6.92 Å². The van der Waals surface area contributed by atoms with Crippen LogP contribution in [-0.2, 0) is 14.3 Å². The molecular formula is C29H27FN2O6S. The number of rotatable bonds is 10. The Morgan fingerprint density at radius 1 is 1.21 bits per heavy atom. The predicted molar refractivity (Wildman–Crippen MR) is 145 cm³/mol.